The van der Waals surface area contributed by atoms with Crippen molar-refractivity contribution in [1.82, 2.24) is 0 Å². The number of nitrogens with one attached hydrogen (secondary N) is 1. The zero-order chi connectivity index (χ0) is 24.9. The fourth-order valence-electron chi connectivity index (χ4n) is 3.32. The Hall–Kier alpha value is -3.24. The molecular formula is C24H25FN2O5S2. The van der Waals surface area contributed by atoms with E-state index in [1.807, 2.05) is 12.3 Å². The average Bonchev–Trinajstić information content (AvgIpc) is 2.82. The molecule has 10 heteroatoms. The normalized spacial score (nSPS) is 11.1. The summed E-state index contributed by atoms with van der Waals surface area (Å²) in [6.45, 7) is -0.316. The molecule has 0 aromatic heterocycles. The molecule has 0 atom stereocenters. The molecule has 3 rings (SSSR count). The largest absolute Gasteiger partial charge is 0.493 e. The molecule has 0 aliphatic heterocycles. The maximum Gasteiger partial charge on any atom is 0.257 e. The van der Waals surface area contributed by atoms with Gasteiger partial charge in [0.15, 0.2) is 11.5 Å². The van der Waals surface area contributed by atoms with Gasteiger partial charge in [-0.15, -0.1) is 11.8 Å². The number of methoxy groups -OCH3 is 2. The summed E-state index contributed by atoms with van der Waals surface area (Å²) in [5.74, 6) is -0.651. The Morgan fingerprint density at radius 3 is 2.32 bits per heavy atom. The molecule has 0 unspecified atom stereocenters. The average molecular weight is 505 g/mol. The van der Waals surface area contributed by atoms with Crippen molar-refractivity contribution in [2.24, 2.45) is 0 Å². The molecule has 0 radical (unpaired) electrons. The molecule has 7 nitrogen and oxygen atoms in total. The van der Waals surface area contributed by atoms with Gasteiger partial charge in [0, 0.05) is 22.2 Å². The number of carbonyl (C=O) groups is 1. The van der Waals surface area contributed by atoms with Crippen LogP contribution in [0.2, 0.25) is 0 Å². The first-order valence-electron chi connectivity index (χ1n) is 10.1. The molecule has 1 amide bonds. The van der Waals surface area contributed by atoms with Crippen molar-refractivity contribution < 1.29 is 27.1 Å². The number of hydrogen-bond acceptors (Lipinski definition) is 6. The van der Waals surface area contributed by atoms with Crippen LogP contribution in [0.25, 0.3) is 0 Å². The van der Waals surface area contributed by atoms with Gasteiger partial charge in [-0.25, -0.2) is 12.8 Å². The summed E-state index contributed by atoms with van der Waals surface area (Å²) in [6, 6.07) is 15.9. The quantitative estimate of drug-likeness (QED) is 0.422. The van der Waals surface area contributed by atoms with Crippen LogP contribution in [-0.2, 0) is 16.6 Å². The van der Waals surface area contributed by atoms with E-state index in [-0.39, 0.29) is 34.9 Å². The Morgan fingerprint density at radius 1 is 1.03 bits per heavy atom. The van der Waals surface area contributed by atoms with E-state index < -0.39 is 21.7 Å². The van der Waals surface area contributed by atoms with Crippen LogP contribution in [0.15, 0.2) is 65.6 Å². The molecule has 0 bridgehead atoms. The number of carbonyl (C=O) groups excluding carboxylic acids is 1. The van der Waals surface area contributed by atoms with Crippen molar-refractivity contribution >= 4 is 39.1 Å². The van der Waals surface area contributed by atoms with Crippen molar-refractivity contribution in [2.45, 2.75) is 11.4 Å². The van der Waals surface area contributed by atoms with E-state index in [2.05, 4.69) is 5.32 Å². The second kappa shape index (κ2) is 10.8. The molecular weight excluding hydrogens is 479 g/mol. The minimum atomic E-state index is -3.93. The van der Waals surface area contributed by atoms with Crippen molar-refractivity contribution in [3.05, 3.63) is 77.6 Å². The Bertz CT molecular complexity index is 1300. The molecule has 180 valence electrons. The standard InChI is InChI=1S/C24H25FN2O5S2/c1-31-22-13-19(24(28)26-17-9-7-10-18(12-17)33-3)21(14-23(22)32-2)27(34(4,29)30)15-16-8-5-6-11-20(16)25/h5-14H,15H2,1-4H3,(H,26,28). The predicted octanol–water partition coefficient (Wildman–Crippen LogP) is 4.78. The number of nitrogens with zero attached hydrogens (tertiary/aromatic N) is 1. The molecule has 3 aromatic carbocycles. The van der Waals surface area contributed by atoms with Crippen molar-refractivity contribution in [2.75, 3.05) is 36.4 Å². The Labute approximate surface area is 202 Å². The topological polar surface area (TPSA) is 84.9 Å². The molecule has 3 aromatic rings. The van der Waals surface area contributed by atoms with Crippen LogP contribution >= 0.6 is 11.8 Å². The highest BCUT2D eigenvalue weighted by Gasteiger charge is 2.27. The lowest BCUT2D eigenvalue weighted by Crippen LogP contribution is -2.32. The van der Waals surface area contributed by atoms with Crippen molar-refractivity contribution in [1.29, 1.82) is 0 Å². The van der Waals surface area contributed by atoms with Gasteiger partial charge in [-0.3, -0.25) is 9.10 Å². The number of hydrogen-bond donors (Lipinski definition) is 1. The summed E-state index contributed by atoms with van der Waals surface area (Å²) in [4.78, 5) is 14.3. The van der Waals surface area contributed by atoms with Gasteiger partial charge in [0.25, 0.3) is 5.91 Å². The number of amides is 1. The summed E-state index contributed by atoms with van der Waals surface area (Å²) in [5, 5.41) is 2.80. The van der Waals surface area contributed by atoms with Gasteiger partial charge in [0.05, 0.1) is 38.3 Å². The number of sulfonamides is 1. The highest BCUT2D eigenvalue weighted by atomic mass is 32.2. The summed E-state index contributed by atoms with van der Waals surface area (Å²) in [6.07, 6.45) is 2.91. The number of thioether (sulfide) groups is 1. The third-order valence-electron chi connectivity index (χ3n) is 5.01. The first-order chi connectivity index (χ1) is 16.2. The van der Waals surface area contributed by atoms with Gasteiger partial charge in [0.2, 0.25) is 10.0 Å². The molecule has 0 aliphatic carbocycles. The lowest BCUT2D eigenvalue weighted by molar-refractivity contribution is 0.102. The number of rotatable bonds is 9. The summed E-state index contributed by atoms with van der Waals surface area (Å²) < 4.78 is 51.7. The summed E-state index contributed by atoms with van der Waals surface area (Å²) in [5.41, 5.74) is 0.746. The maximum absolute atomic E-state index is 14.4. The van der Waals surface area contributed by atoms with E-state index in [1.165, 1.54) is 56.3 Å². The van der Waals surface area contributed by atoms with Gasteiger partial charge in [0.1, 0.15) is 5.82 Å². The molecule has 0 saturated carbocycles. The van der Waals surface area contributed by atoms with E-state index >= 15 is 0 Å². The molecule has 34 heavy (non-hydrogen) atoms. The van der Waals surface area contributed by atoms with Crippen LogP contribution in [0, 0.1) is 5.82 Å². The van der Waals surface area contributed by atoms with Gasteiger partial charge in [-0.05, 0) is 36.6 Å². The van der Waals surface area contributed by atoms with Crippen molar-refractivity contribution in [3.8, 4) is 11.5 Å². The molecule has 0 aliphatic rings. The Kier molecular flexibility index (Phi) is 8.06. The third kappa shape index (κ3) is 5.81. The fourth-order valence-corrected chi connectivity index (χ4v) is 4.66. The zero-order valence-corrected chi connectivity index (χ0v) is 20.8. The molecule has 0 heterocycles. The Morgan fingerprint density at radius 2 is 1.71 bits per heavy atom. The van der Waals surface area contributed by atoms with Crippen molar-refractivity contribution in [3.63, 3.8) is 0 Å². The van der Waals surface area contributed by atoms with E-state index in [0.29, 0.717) is 5.69 Å². The monoisotopic (exact) mass is 504 g/mol. The number of anilines is 2. The fraction of sp³-hybridized carbons (Fsp3) is 0.208. The van der Waals surface area contributed by atoms with Crippen LogP contribution in [0.4, 0.5) is 15.8 Å². The first kappa shape index (κ1) is 25.4. The summed E-state index contributed by atoms with van der Waals surface area (Å²) >= 11 is 1.52. The highest BCUT2D eigenvalue weighted by Crippen LogP contribution is 2.37. The molecule has 1 N–H and O–H groups in total. The van der Waals surface area contributed by atoms with Crippen LogP contribution in [0.3, 0.4) is 0 Å². The SMILES string of the molecule is COc1cc(C(=O)Nc2cccc(SC)c2)c(N(Cc2ccccc2F)S(C)(=O)=O)cc1OC. The predicted molar refractivity (Wildman–Crippen MR) is 133 cm³/mol. The maximum atomic E-state index is 14.4. The number of ether oxygens (including phenoxy) is 2. The smallest absolute Gasteiger partial charge is 0.257 e. The Balaban J connectivity index is 2.14. The molecule has 0 saturated heterocycles. The number of benzene rings is 3. The minimum Gasteiger partial charge on any atom is -0.493 e. The highest BCUT2D eigenvalue weighted by molar-refractivity contribution is 7.98. The number of halogens is 1. The van der Waals surface area contributed by atoms with Crippen LogP contribution in [0.5, 0.6) is 11.5 Å². The summed E-state index contributed by atoms with van der Waals surface area (Å²) in [7, 11) is -1.12. The lowest BCUT2D eigenvalue weighted by Gasteiger charge is -2.26. The van der Waals surface area contributed by atoms with Gasteiger partial charge >= 0.3 is 0 Å². The lowest BCUT2D eigenvalue weighted by atomic mass is 10.1. The van der Waals surface area contributed by atoms with E-state index in [1.54, 1.807) is 24.3 Å². The third-order valence-corrected chi connectivity index (χ3v) is 6.87. The molecule has 0 fully saturated rings. The van der Waals surface area contributed by atoms with Gasteiger partial charge in [-0.1, -0.05) is 24.3 Å². The van der Waals surface area contributed by atoms with Gasteiger partial charge < -0.3 is 14.8 Å². The second-order valence-corrected chi connectivity index (χ2v) is 10.1. The van der Waals surface area contributed by atoms with E-state index in [4.69, 9.17) is 9.47 Å². The van der Waals surface area contributed by atoms with Gasteiger partial charge in [-0.2, -0.15) is 0 Å². The first-order valence-corrected chi connectivity index (χ1v) is 13.2. The van der Waals surface area contributed by atoms with E-state index in [0.717, 1.165) is 15.5 Å². The second-order valence-electron chi connectivity index (χ2n) is 7.27. The van der Waals surface area contributed by atoms with Crippen LogP contribution < -0.4 is 19.1 Å². The van der Waals surface area contributed by atoms with Crippen LogP contribution in [0.1, 0.15) is 15.9 Å². The zero-order valence-electron chi connectivity index (χ0n) is 19.2. The molecule has 0 spiro atoms. The van der Waals surface area contributed by atoms with E-state index in [9.17, 15) is 17.6 Å². The minimum absolute atomic E-state index is 0.0222. The van der Waals surface area contributed by atoms with Crippen LogP contribution in [-0.4, -0.2) is 41.1 Å².